The standard InChI is InChI=1S/C19H21F3N2O4S/c1-4-28-17-10-6-8-15(12-17)23-18(25)13(2)24(29(3,26)27)16-9-5-7-14(11-16)19(20,21)22/h5-13H,4H2,1-3H3,(H,23,25). The van der Waals surface area contributed by atoms with Gasteiger partial charge in [-0.05, 0) is 44.2 Å². The molecule has 0 saturated carbocycles. The number of ether oxygens (including phenoxy) is 1. The van der Waals surface area contributed by atoms with Crippen molar-refractivity contribution in [3.05, 3.63) is 54.1 Å². The van der Waals surface area contributed by atoms with Crippen LogP contribution in [-0.2, 0) is 21.0 Å². The molecule has 0 radical (unpaired) electrons. The molecule has 1 unspecified atom stereocenters. The van der Waals surface area contributed by atoms with Crippen molar-refractivity contribution in [1.82, 2.24) is 0 Å². The summed E-state index contributed by atoms with van der Waals surface area (Å²) in [4.78, 5) is 12.6. The van der Waals surface area contributed by atoms with Crippen molar-refractivity contribution in [2.45, 2.75) is 26.1 Å². The van der Waals surface area contributed by atoms with E-state index in [1.54, 1.807) is 31.2 Å². The third-order valence-electron chi connectivity index (χ3n) is 3.93. The molecular weight excluding hydrogens is 409 g/mol. The summed E-state index contributed by atoms with van der Waals surface area (Å²) in [6.07, 6.45) is -3.82. The summed E-state index contributed by atoms with van der Waals surface area (Å²) in [6, 6.07) is 8.99. The molecule has 0 spiro atoms. The maximum atomic E-state index is 13.0. The molecule has 2 aromatic rings. The second kappa shape index (κ2) is 8.73. The Morgan fingerprint density at radius 3 is 2.41 bits per heavy atom. The minimum Gasteiger partial charge on any atom is -0.494 e. The Morgan fingerprint density at radius 1 is 1.17 bits per heavy atom. The molecule has 1 amide bonds. The van der Waals surface area contributed by atoms with Crippen molar-refractivity contribution in [1.29, 1.82) is 0 Å². The Morgan fingerprint density at radius 2 is 1.83 bits per heavy atom. The van der Waals surface area contributed by atoms with E-state index in [0.29, 0.717) is 28.4 Å². The molecule has 0 bridgehead atoms. The maximum Gasteiger partial charge on any atom is 0.416 e. The number of nitrogens with one attached hydrogen (secondary N) is 1. The van der Waals surface area contributed by atoms with Crippen LogP contribution in [0.25, 0.3) is 0 Å². The smallest absolute Gasteiger partial charge is 0.416 e. The lowest BCUT2D eigenvalue weighted by Crippen LogP contribution is -2.45. The molecule has 0 heterocycles. The fourth-order valence-corrected chi connectivity index (χ4v) is 3.87. The van der Waals surface area contributed by atoms with Crippen LogP contribution >= 0.6 is 0 Å². The van der Waals surface area contributed by atoms with E-state index in [4.69, 9.17) is 4.74 Å². The Bertz CT molecular complexity index is 977. The zero-order valence-corrected chi connectivity index (χ0v) is 16.8. The van der Waals surface area contributed by atoms with Crippen molar-refractivity contribution in [3.8, 4) is 5.75 Å². The SMILES string of the molecule is CCOc1cccc(NC(=O)C(C)N(c2cccc(C(F)(F)F)c2)S(C)(=O)=O)c1. The van der Waals surface area contributed by atoms with E-state index in [1.165, 1.54) is 13.0 Å². The second-order valence-corrected chi connectivity index (χ2v) is 8.09. The first-order valence-electron chi connectivity index (χ1n) is 8.64. The average Bonchev–Trinajstić information content (AvgIpc) is 2.60. The van der Waals surface area contributed by atoms with Crippen molar-refractivity contribution >= 4 is 27.3 Å². The molecule has 0 saturated heterocycles. The maximum absolute atomic E-state index is 13.0. The van der Waals surface area contributed by atoms with Gasteiger partial charge in [-0.25, -0.2) is 8.42 Å². The van der Waals surface area contributed by atoms with Crippen LogP contribution in [0.2, 0.25) is 0 Å². The highest BCUT2D eigenvalue weighted by molar-refractivity contribution is 7.92. The fourth-order valence-electron chi connectivity index (χ4n) is 2.71. The first-order valence-corrected chi connectivity index (χ1v) is 10.5. The largest absolute Gasteiger partial charge is 0.494 e. The van der Waals surface area contributed by atoms with E-state index in [2.05, 4.69) is 5.32 Å². The first-order chi connectivity index (χ1) is 13.4. The predicted octanol–water partition coefficient (Wildman–Crippen LogP) is 3.90. The van der Waals surface area contributed by atoms with Gasteiger partial charge in [0.2, 0.25) is 15.9 Å². The fraction of sp³-hybridized carbons (Fsp3) is 0.316. The van der Waals surface area contributed by atoms with E-state index in [1.807, 2.05) is 0 Å². The molecule has 0 aliphatic rings. The molecule has 2 aromatic carbocycles. The number of nitrogens with zero attached hydrogens (tertiary/aromatic N) is 1. The van der Waals surface area contributed by atoms with Gasteiger partial charge in [-0.2, -0.15) is 13.2 Å². The number of alkyl halides is 3. The van der Waals surface area contributed by atoms with E-state index >= 15 is 0 Å². The lowest BCUT2D eigenvalue weighted by Gasteiger charge is -2.28. The van der Waals surface area contributed by atoms with Crippen LogP contribution in [0.4, 0.5) is 24.5 Å². The third kappa shape index (κ3) is 5.86. The Balaban J connectivity index is 2.34. The molecule has 1 atom stereocenters. The number of carbonyl (C=O) groups excluding carboxylic acids is 1. The second-order valence-electron chi connectivity index (χ2n) is 6.23. The summed E-state index contributed by atoms with van der Waals surface area (Å²) in [5, 5.41) is 2.56. The highest BCUT2D eigenvalue weighted by atomic mass is 32.2. The zero-order chi connectivity index (χ0) is 21.8. The van der Waals surface area contributed by atoms with Gasteiger partial charge >= 0.3 is 6.18 Å². The number of carbonyl (C=O) groups is 1. The summed E-state index contributed by atoms with van der Waals surface area (Å²) < 4.78 is 69.6. The van der Waals surface area contributed by atoms with Gasteiger partial charge in [0, 0.05) is 11.8 Å². The molecule has 6 nitrogen and oxygen atoms in total. The summed E-state index contributed by atoms with van der Waals surface area (Å²) in [5.74, 6) is -0.197. The highest BCUT2D eigenvalue weighted by Gasteiger charge is 2.34. The van der Waals surface area contributed by atoms with E-state index < -0.39 is 33.7 Å². The number of amides is 1. The van der Waals surface area contributed by atoms with Crippen LogP contribution in [0.1, 0.15) is 19.4 Å². The van der Waals surface area contributed by atoms with Gasteiger partial charge in [0.05, 0.1) is 24.1 Å². The van der Waals surface area contributed by atoms with Crippen LogP contribution in [-0.4, -0.2) is 33.2 Å². The first kappa shape index (κ1) is 22.5. The number of sulfonamides is 1. The molecule has 0 aliphatic carbocycles. The molecule has 29 heavy (non-hydrogen) atoms. The topological polar surface area (TPSA) is 75.7 Å². The minimum absolute atomic E-state index is 0.256. The van der Waals surface area contributed by atoms with Crippen molar-refractivity contribution in [2.24, 2.45) is 0 Å². The van der Waals surface area contributed by atoms with Crippen LogP contribution in [0, 0.1) is 0 Å². The molecule has 0 aliphatic heterocycles. The van der Waals surface area contributed by atoms with E-state index in [9.17, 15) is 26.4 Å². The molecular formula is C19H21F3N2O4S. The summed E-state index contributed by atoms with van der Waals surface area (Å²) >= 11 is 0. The number of rotatable bonds is 7. The van der Waals surface area contributed by atoms with Gasteiger partial charge in [-0.3, -0.25) is 9.10 Å². The van der Waals surface area contributed by atoms with E-state index in [0.717, 1.165) is 18.4 Å². The third-order valence-corrected chi connectivity index (χ3v) is 5.17. The molecule has 2 rings (SSSR count). The number of hydrogen-bond acceptors (Lipinski definition) is 4. The molecule has 1 N–H and O–H groups in total. The molecule has 10 heteroatoms. The predicted molar refractivity (Wildman–Crippen MR) is 104 cm³/mol. The number of halogens is 3. The lowest BCUT2D eigenvalue weighted by molar-refractivity contribution is -0.137. The van der Waals surface area contributed by atoms with Crippen LogP contribution in [0.5, 0.6) is 5.75 Å². The van der Waals surface area contributed by atoms with Crippen molar-refractivity contribution in [3.63, 3.8) is 0 Å². The van der Waals surface area contributed by atoms with Gasteiger partial charge in [0.15, 0.2) is 0 Å². The zero-order valence-electron chi connectivity index (χ0n) is 16.0. The van der Waals surface area contributed by atoms with Crippen LogP contribution in [0.3, 0.4) is 0 Å². The highest BCUT2D eigenvalue weighted by Crippen LogP contribution is 2.33. The van der Waals surface area contributed by atoms with Crippen molar-refractivity contribution < 1.29 is 31.1 Å². The minimum atomic E-state index is -4.65. The summed E-state index contributed by atoms with van der Waals surface area (Å²) in [6.45, 7) is 3.51. The number of benzene rings is 2. The Kier molecular flexibility index (Phi) is 6.78. The molecule has 0 fully saturated rings. The molecule has 158 valence electrons. The van der Waals surface area contributed by atoms with Gasteiger partial charge in [0.25, 0.3) is 0 Å². The number of anilines is 2. The summed E-state index contributed by atoms with van der Waals surface area (Å²) in [5.41, 5.74) is -0.904. The van der Waals surface area contributed by atoms with Crippen LogP contribution in [0.15, 0.2) is 48.5 Å². The monoisotopic (exact) mass is 430 g/mol. The molecule has 0 aromatic heterocycles. The van der Waals surface area contributed by atoms with Gasteiger partial charge < -0.3 is 10.1 Å². The van der Waals surface area contributed by atoms with Crippen molar-refractivity contribution in [2.75, 3.05) is 22.5 Å². The number of hydrogen-bond donors (Lipinski definition) is 1. The Labute approximate surface area is 167 Å². The summed E-state index contributed by atoms with van der Waals surface area (Å²) in [7, 11) is -4.05. The normalized spacial score (nSPS) is 12.9. The average molecular weight is 430 g/mol. The van der Waals surface area contributed by atoms with E-state index in [-0.39, 0.29) is 5.69 Å². The lowest BCUT2D eigenvalue weighted by atomic mass is 10.1. The quantitative estimate of drug-likeness (QED) is 0.723. The van der Waals surface area contributed by atoms with Gasteiger partial charge in [0.1, 0.15) is 11.8 Å². The van der Waals surface area contributed by atoms with Gasteiger partial charge in [-0.15, -0.1) is 0 Å². The van der Waals surface area contributed by atoms with Gasteiger partial charge in [-0.1, -0.05) is 12.1 Å². The Hall–Kier alpha value is -2.75. The van der Waals surface area contributed by atoms with Crippen LogP contribution < -0.4 is 14.4 Å².